The Morgan fingerprint density at radius 2 is 1.93 bits per heavy atom. The molecule has 1 atom stereocenters. The summed E-state index contributed by atoms with van der Waals surface area (Å²) in [7, 11) is -3.74. The Balaban J connectivity index is 1.59. The Morgan fingerprint density at radius 1 is 1.21 bits per heavy atom. The van der Waals surface area contributed by atoms with Crippen LogP contribution < -0.4 is 5.32 Å². The van der Waals surface area contributed by atoms with Crippen molar-refractivity contribution in [1.29, 1.82) is 5.26 Å². The fraction of sp³-hybridized carbons (Fsp3) is 0.368. The molecule has 0 unspecified atom stereocenters. The summed E-state index contributed by atoms with van der Waals surface area (Å²) < 4.78 is 32.3. The Bertz CT molecular complexity index is 958. The van der Waals surface area contributed by atoms with Crippen molar-refractivity contribution in [3.05, 3.63) is 54.0 Å². The third kappa shape index (κ3) is 4.25. The van der Waals surface area contributed by atoms with Crippen LogP contribution in [0.2, 0.25) is 0 Å². The Labute approximate surface area is 164 Å². The molecule has 1 fully saturated rings. The molecule has 1 aliphatic heterocycles. The predicted octanol–water partition coefficient (Wildman–Crippen LogP) is 1.16. The van der Waals surface area contributed by atoms with Gasteiger partial charge in [0, 0.05) is 26.2 Å². The van der Waals surface area contributed by atoms with Crippen LogP contribution in [0.1, 0.15) is 18.2 Å². The van der Waals surface area contributed by atoms with Gasteiger partial charge in [-0.15, -0.1) is 0 Å². The van der Waals surface area contributed by atoms with E-state index < -0.39 is 10.0 Å². The van der Waals surface area contributed by atoms with Crippen molar-refractivity contribution in [2.75, 3.05) is 26.2 Å². The average Bonchev–Trinajstić information content (AvgIpc) is 3.25. The quantitative estimate of drug-likeness (QED) is 0.777. The van der Waals surface area contributed by atoms with Crippen LogP contribution in [-0.4, -0.2) is 55.8 Å². The number of hydrogen-bond acceptors (Lipinski definition) is 6. The van der Waals surface area contributed by atoms with E-state index in [1.807, 2.05) is 11.0 Å². The minimum absolute atomic E-state index is 0.0233. The van der Waals surface area contributed by atoms with Crippen LogP contribution in [0.25, 0.3) is 0 Å². The van der Waals surface area contributed by atoms with Gasteiger partial charge in [0.25, 0.3) is 0 Å². The highest BCUT2D eigenvalue weighted by Gasteiger charge is 2.32. The van der Waals surface area contributed by atoms with Gasteiger partial charge in [-0.2, -0.15) is 9.57 Å². The second-order valence-corrected chi connectivity index (χ2v) is 8.43. The lowest BCUT2D eigenvalue weighted by Gasteiger charge is -2.36. The zero-order chi connectivity index (χ0) is 20.1. The van der Waals surface area contributed by atoms with Crippen LogP contribution in [0, 0.1) is 11.3 Å². The van der Waals surface area contributed by atoms with Gasteiger partial charge in [-0.25, -0.2) is 8.42 Å². The van der Waals surface area contributed by atoms with Crippen LogP contribution in [0.4, 0.5) is 0 Å². The van der Waals surface area contributed by atoms with Gasteiger partial charge in [-0.1, -0.05) is 12.1 Å². The van der Waals surface area contributed by atoms with E-state index in [-0.39, 0.29) is 35.5 Å². The minimum atomic E-state index is -3.74. The van der Waals surface area contributed by atoms with Gasteiger partial charge in [0.2, 0.25) is 15.9 Å². The number of nitrogens with zero attached hydrogens (tertiary/aromatic N) is 3. The zero-order valence-electron chi connectivity index (χ0n) is 15.5. The number of carbonyl (C=O) groups excluding carboxylic acids is 1. The summed E-state index contributed by atoms with van der Waals surface area (Å²) in [5.74, 6) is 0.537. The lowest BCUT2D eigenvalue weighted by molar-refractivity contribution is -0.126. The summed E-state index contributed by atoms with van der Waals surface area (Å²) in [6, 6.07) is 11.3. The summed E-state index contributed by atoms with van der Waals surface area (Å²) in [4.78, 5) is 14.3. The standard InChI is InChI=1S/C19H22N4O4S/c1-15(19(24)21-14-17-6-4-12-27-17)22-8-10-23(11-9-22)28(25,26)18-7-3-2-5-16(18)13-20/h2-7,12,15H,8-11,14H2,1H3,(H,21,24)/t15-/m1/s1. The first-order chi connectivity index (χ1) is 13.4. The number of furan rings is 1. The molecule has 0 spiro atoms. The maximum atomic E-state index is 12.9. The van der Waals surface area contributed by atoms with Crippen molar-refractivity contribution in [1.82, 2.24) is 14.5 Å². The second kappa shape index (κ2) is 8.56. The molecule has 3 rings (SSSR count). The summed E-state index contributed by atoms with van der Waals surface area (Å²) in [6.45, 7) is 3.50. The van der Waals surface area contributed by atoms with Gasteiger partial charge in [0.1, 0.15) is 11.8 Å². The monoisotopic (exact) mass is 402 g/mol. The maximum absolute atomic E-state index is 12.9. The first kappa shape index (κ1) is 20.1. The van der Waals surface area contributed by atoms with Crippen LogP contribution >= 0.6 is 0 Å². The lowest BCUT2D eigenvalue weighted by Crippen LogP contribution is -2.54. The van der Waals surface area contributed by atoms with E-state index in [0.29, 0.717) is 25.4 Å². The molecule has 0 bridgehead atoms. The van der Waals surface area contributed by atoms with Crippen molar-refractivity contribution >= 4 is 15.9 Å². The third-order valence-electron chi connectivity index (χ3n) is 4.84. The number of hydrogen-bond donors (Lipinski definition) is 1. The molecule has 0 saturated carbocycles. The van der Waals surface area contributed by atoms with E-state index in [9.17, 15) is 18.5 Å². The van der Waals surface area contributed by atoms with E-state index in [4.69, 9.17) is 4.42 Å². The SMILES string of the molecule is C[C@H](C(=O)NCc1ccco1)N1CCN(S(=O)(=O)c2ccccc2C#N)CC1. The Hall–Kier alpha value is -2.67. The van der Waals surface area contributed by atoms with Gasteiger partial charge in [0.15, 0.2) is 0 Å². The molecular weight excluding hydrogens is 380 g/mol. The number of rotatable bonds is 6. The van der Waals surface area contributed by atoms with E-state index >= 15 is 0 Å². The first-order valence-corrected chi connectivity index (χ1v) is 10.4. The van der Waals surface area contributed by atoms with E-state index in [0.717, 1.165) is 0 Å². The molecule has 1 saturated heterocycles. The van der Waals surface area contributed by atoms with Crippen LogP contribution in [0.5, 0.6) is 0 Å². The molecule has 8 nitrogen and oxygen atoms in total. The van der Waals surface area contributed by atoms with Crippen molar-refractivity contribution in [3.63, 3.8) is 0 Å². The van der Waals surface area contributed by atoms with Gasteiger partial charge < -0.3 is 9.73 Å². The van der Waals surface area contributed by atoms with Crippen molar-refractivity contribution in [2.45, 2.75) is 24.4 Å². The van der Waals surface area contributed by atoms with Crippen molar-refractivity contribution in [3.8, 4) is 6.07 Å². The van der Waals surface area contributed by atoms with Crippen LogP contribution in [0.3, 0.4) is 0 Å². The normalized spacial score (nSPS) is 17.0. The zero-order valence-corrected chi connectivity index (χ0v) is 16.4. The van der Waals surface area contributed by atoms with Gasteiger partial charge >= 0.3 is 0 Å². The Morgan fingerprint density at radius 3 is 2.57 bits per heavy atom. The number of carbonyl (C=O) groups is 1. The van der Waals surface area contributed by atoms with Crippen LogP contribution in [0.15, 0.2) is 52.0 Å². The lowest BCUT2D eigenvalue weighted by atomic mass is 10.2. The van der Waals surface area contributed by atoms with Crippen molar-refractivity contribution in [2.24, 2.45) is 0 Å². The molecular formula is C19H22N4O4S. The van der Waals surface area contributed by atoms with E-state index in [1.165, 1.54) is 16.4 Å². The summed E-state index contributed by atoms with van der Waals surface area (Å²) in [5.41, 5.74) is 0.135. The molecule has 9 heteroatoms. The largest absolute Gasteiger partial charge is 0.467 e. The first-order valence-electron chi connectivity index (χ1n) is 8.97. The molecule has 2 heterocycles. The van der Waals surface area contributed by atoms with E-state index in [1.54, 1.807) is 37.5 Å². The highest BCUT2D eigenvalue weighted by Crippen LogP contribution is 2.21. The molecule has 0 radical (unpaired) electrons. The molecule has 1 aromatic heterocycles. The number of nitriles is 1. The molecule has 1 aliphatic rings. The molecule has 0 aliphatic carbocycles. The average molecular weight is 402 g/mol. The molecule has 148 valence electrons. The summed E-state index contributed by atoms with van der Waals surface area (Å²) in [6.07, 6.45) is 1.55. The summed E-state index contributed by atoms with van der Waals surface area (Å²) >= 11 is 0. The van der Waals surface area contributed by atoms with E-state index in [2.05, 4.69) is 5.32 Å². The predicted molar refractivity (Wildman–Crippen MR) is 102 cm³/mol. The fourth-order valence-electron chi connectivity index (χ4n) is 3.16. The molecule has 28 heavy (non-hydrogen) atoms. The number of benzene rings is 1. The highest BCUT2D eigenvalue weighted by atomic mass is 32.2. The van der Waals surface area contributed by atoms with Crippen molar-refractivity contribution < 1.29 is 17.6 Å². The second-order valence-electron chi connectivity index (χ2n) is 6.52. The number of nitrogens with one attached hydrogen (secondary N) is 1. The highest BCUT2D eigenvalue weighted by molar-refractivity contribution is 7.89. The van der Waals surface area contributed by atoms with Gasteiger partial charge in [-0.3, -0.25) is 9.69 Å². The van der Waals surface area contributed by atoms with Gasteiger partial charge in [0.05, 0.1) is 29.3 Å². The number of amides is 1. The van der Waals surface area contributed by atoms with Crippen LogP contribution in [-0.2, 0) is 21.4 Å². The third-order valence-corrected chi connectivity index (χ3v) is 6.80. The molecule has 1 amide bonds. The minimum Gasteiger partial charge on any atom is -0.467 e. The smallest absolute Gasteiger partial charge is 0.244 e. The summed E-state index contributed by atoms with van der Waals surface area (Å²) in [5, 5.41) is 12.0. The molecule has 1 aromatic carbocycles. The molecule has 1 N–H and O–H groups in total. The van der Waals surface area contributed by atoms with Gasteiger partial charge in [-0.05, 0) is 31.2 Å². The topological polar surface area (TPSA) is 107 Å². The number of sulfonamides is 1. The maximum Gasteiger partial charge on any atom is 0.244 e. The molecule has 2 aromatic rings. The Kier molecular flexibility index (Phi) is 6.14. The number of piperazine rings is 1. The fourth-order valence-corrected chi connectivity index (χ4v) is 4.72.